The molecule has 0 saturated carbocycles. The van der Waals surface area contributed by atoms with Crippen molar-refractivity contribution in [2.75, 3.05) is 5.32 Å². The predicted octanol–water partition coefficient (Wildman–Crippen LogP) is 4.24. The Morgan fingerprint density at radius 3 is 2.67 bits per heavy atom. The SMILES string of the molecule is Cc1cc(NC(=O)c2ccc(F)cc2I)n(Cc2ccccc2)n1. The van der Waals surface area contributed by atoms with Gasteiger partial charge in [0.1, 0.15) is 11.6 Å². The molecule has 0 fully saturated rings. The highest BCUT2D eigenvalue weighted by Crippen LogP contribution is 2.18. The first-order valence-electron chi connectivity index (χ1n) is 7.38. The van der Waals surface area contributed by atoms with Crippen LogP contribution in [0.1, 0.15) is 21.6 Å². The Hall–Kier alpha value is -2.22. The van der Waals surface area contributed by atoms with Gasteiger partial charge in [0, 0.05) is 9.64 Å². The van der Waals surface area contributed by atoms with Crippen LogP contribution in [0, 0.1) is 16.3 Å². The molecule has 0 spiro atoms. The monoisotopic (exact) mass is 435 g/mol. The minimum absolute atomic E-state index is 0.284. The van der Waals surface area contributed by atoms with Gasteiger partial charge in [0.05, 0.1) is 17.8 Å². The van der Waals surface area contributed by atoms with Crippen LogP contribution in [0.3, 0.4) is 0 Å². The number of nitrogens with one attached hydrogen (secondary N) is 1. The van der Waals surface area contributed by atoms with E-state index in [1.165, 1.54) is 18.2 Å². The van der Waals surface area contributed by atoms with Crippen molar-refractivity contribution in [1.29, 1.82) is 0 Å². The number of carbonyl (C=O) groups is 1. The Labute approximate surface area is 152 Å². The summed E-state index contributed by atoms with van der Waals surface area (Å²) in [4.78, 5) is 12.5. The van der Waals surface area contributed by atoms with Crippen LogP contribution in [0.4, 0.5) is 10.2 Å². The minimum Gasteiger partial charge on any atom is -0.307 e. The number of nitrogens with zero attached hydrogens (tertiary/aromatic N) is 2. The molecule has 6 heteroatoms. The second-order valence-corrected chi connectivity index (χ2v) is 6.55. The van der Waals surface area contributed by atoms with E-state index in [1.807, 2.05) is 65.9 Å². The summed E-state index contributed by atoms with van der Waals surface area (Å²) in [6.07, 6.45) is 0. The maximum Gasteiger partial charge on any atom is 0.257 e. The molecule has 0 atom stereocenters. The van der Waals surface area contributed by atoms with Crippen molar-refractivity contribution in [3.05, 3.63) is 80.8 Å². The Morgan fingerprint density at radius 1 is 1.21 bits per heavy atom. The molecule has 0 saturated heterocycles. The summed E-state index contributed by atoms with van der Waals surface area (Å²) in [5, 5.41) is 7.29. The summed E-state index contributed by atoms with van der Waals surface area (Å²) in [6.45, 7) is 2.43. The van der Waals surface area contributed by atoms with Crippen LogP contribution in [0.5, 0.6) is 0 Å². The Bertz CT molecular complexity index is 877. The fourth-order valence-corrected chi connectivity index (χ4v) is 3.10. The molecule has 1 heterocycles. The zero-order valence-electron chi connectivity index (χ0n) is 13.0. The van der Waals surface area contributed by atoms with Crippen LogP contribution < -0.4 is 5.32 Å². The molecule has 0 aliphatic carbocycles. The third kappa shape index (κ3) is 3.81. The van der Waals surface area contributed by atoms with Gasteiger partial charge in [-0.2, -0.15) is 5.10 Å². The van der Waals surface area contributed by atoms with Gasteiger partial charge >= 0.3 is 0 Å². The third-order valence-corrected chi connectivity index (χ3v) is 4.39. The molecule has 1 N–H and O–H groups in total. The van der Waals surface area contributed by atoms with Gasteiger partial charge in [0.15, 0.2) is 0 Å². The lowest BCUT2D eigenvalue weighted by atomic mass is 10.2. The lowest BCUT2D eigenvalue weighted by Crippen LogP contribution is -2.17. The zero-order chi connectivity index (χ0) is 17.1. The molecule has 0 aliphatic heterocycles. The van der Waals surface area contributed by atoms with Gasteiger partial charge in [0.25, 0.3) is 5.91 Å². The summed E-state index contributed by atoms with van der Waals surface area (Å²) < 4.78 is 15.5. The second kappa shape index (κ2) is 7.12. The first kappa shape index (κ1) is 16.6. The van der Waals surface area contributed by atoms with Crippen LogP contribution in [-0.2, 0) is 6.54 Å². The Morgan fingerprint density at radius 2 is 1.96 bits per heavy atom. The molecular weight excluding hydrogens is 420 g/mol. The molecule has 0 bridgehead atoms. The van der Waals surface area contributed by atoms with E-state index < -0.39 is 0 Å². The smallest absolute Gasteiger partial charge is 0.257 e. The van der Waals surface area contributed by atoms with Crippen molar-refractivity contribution < 1.29 is 9.18 Å². The molecule has 24 heavy (non-hydrogen) atoms. The molecule has 3 rings (SSSR count). The number of hydrogen-bond acceptors (Lipinski definition) is 2. The largest absolute Gasteiger partial charge is 0.307 e. The highest BCUT2D eigenvalue weighted by atomic mass is 127. The maximum atomic E-state index is 13.2. The van der Waals surface area contributed by atoms with Crippen LogP contribution in [0.15, 0.2) is 54.6 Å². The first-order valence-corrected chi connectivity index (χ1v) is 8.45. The van der Waals surface area contributed by atoms with E-state index in [2.05, 4.69) is 10.4 Å². The standard InChI is InChI=1S/C18H15FIN3O/c1-12-9-17(23(22-12)11-13-5-3-2-4-6-13)21-18(24)15-8-7-14(19)10-16(15)20/h2-10H,11H2,1H3,(H,21,24). The predicted molar refractivity (Wildman–Crippen MR) is 99.6 cm³/mol. The highest BCUT2D eigenvalue weighted by molar-refractivity contribution is 14.1. The molecule has 1 aromatic heterocycles. The third-order valence-electron chi connectivity index (χ3n) is 3.49. The van der Waals surface area contributed by atoms with Crippen molar-refractivity contribution in [2.45, 2.75) is 13.5 Å². The maximum absolute atomic E-state index is 13.2. The summed E-state index contributed by atoms with van der Waals surface area (Å²) >= 11 is 1.95. The highest BCUT2D eigenvalue weighted by Gasteiger charge is 2.14. The molecule has 4 nitrogen and oxygen atoms in total. The first-order chi connectivity index (χ1) is 11.5. The molecular formula is C18H15FIN3O. The van der Waals surface area contributed by atoms with E-state index in [1.54, 1.807) is 4.68 Å². The lowest BCUT2D eigenvalue weighted by Gasteiger charge is -2.10. The summed E-state index contributed by atoms with van der Waals surface area (Å²) in [6, 6.07) is 15.8. The van der Waals surface area contributed by atoms with E-state index in [-0.39, 0.29) is 11.7 Å². The normalized spacial score (nSPS) is 10.6. The van der Waals surface area contributed by atoms with Crippen LogP contribution in [0.2, 0.25) is 0 Å². The molecule has 1 amide bonds. The van der Waals surface area contributed by atoms with Gasteiger partial charge in [-0.3, -0.25) is 4.79 Å². The number of benzene rings is 2. The number of hydrogen-bond donors (Lipinski definition) is 1. The average molecular weight is 435 g/mol. The van der Waals surface area contributed by atoms with Crippen LogP contribution in [0.25, 0.3) is 0 Å². The van der Waals surface area contributed by atoms with Gasteiger partial charge in [-0.05, 0) is 53.3 Å². The van der Waals surface area contributed by atoms with Gasteiger partial charge in [-0.1, -0.05) is 30.3 Å². The molecule has 2 aromatic carbocycles. The molecule has 0 aliphatic rings. The van der Waals surface area contributed by atoms with E-state index in [4.69, 9.17) is 0 Å². The van der Waals surface area contributed by atoms with Crippen molar-refractivity contribution in [3.8, 4) is 0 Å². The molecule has 3 aromatic rings. The Balaban J connectivity index is 1.83. The number of rotatable bonds is 4. The van der Waals surface area contributed by atoms with E-state index in [9.17, 15) is 9.18 Å². The van der Waals surface area contributed by atoms with Gasteiger partial charge in [-0.25, -0.2) is 9.07 Å². The summed E-state index contributed by atoms with van der Waals surface area (Å²) in [5.41, 5.74) is 2.34. The van der Waals surface area contributed by atoms with Crippen LogP contribution >= 0.6 is 22.6 Å². The number of carbonyl (C=O) groups excluding carboxylic acids is 1. The fraction of sp³-hybridized carbons (Fsp3) is 0.111. The molecule has 0 radical (unpaired) electrons. The number of amides is 1. The fourth-order valence-electron chi connectivity index (χ4n) is 2.38. The number of anilines is 1. The topological polar surface area (TPSA) is 46.9 Å². The van der Waals surface area contributed by atoms with Crippen molar-refractivity contribution in [1.82, 2.24) is 9.78 Å². The summed E-state index contributed by atoms with van der Waals surface area (Å²) in [7, 11) is 0. The van der Waals surface area contributed by atoms with Crippen molar-refractivity contribution >= 4 is 34.3 Å². The lowest BCUT2D eigenvalue weighted by molar-refractivity contribution is 0.102. The second-order valence-electron chi connectivity index (χ2n) is 5.39. The van der Waals surface area contributed by atoms with Crippen LogP contribution in [-0.4, -0.2) is 15.7 Å². The average Bonchev–Trinajstić information content (AvgIpc) is 2.87. The van der Waals surface area contributed by atoms with Gasteiger partial charge in [-0.15, -0.1) is 0 Å². The van der Waals surface area contributed by atoms with E-state index in [0.29, 0.717) is 21.5 Å². The van der Waals surface area contributed by atoms with E-state index in [0.717, 1.165) is 11.3 Å². The van der Waals surface area contributed by atoms with Crippen molar-refractivity contribution in [3.63, 3.8) is 0 Å². The Kier molecular flexibility index (Phi) is 4.94. The van der Waals surface area contributed by atoms with Gasteiger partial charge < -0.3 is 5.32 Å². The number of halogens is 2. The quantitative estimate of drug-likeness (QED) is 0.624. The van der Waals surface area contributed by atoms with E-state index >= 15 is 0 Å². The number of aromatic nitrogens is 2. The number of aryl methyl sites for hydroxylation is 1. The molecule has 122 valence electrons. The van der Waals surface area contributed by atoms with Crippen molar-refractivity contribution in [2.24, 2.45) is 0 Å². The molecule has 0 unspecified atom stereocenters. The summed E-state index contributed by atoms with van der Waals surface area (Å²) in [5.74, 6) is -0.0315. The zero-order valence-corrected chi connectivity index (χ0v) is 15.1. The minimum atomic E-state index is -0.360. The van der Waals surface area contributed by atoms with Gasteiger partial charge in [0.2, 0.25) is 0 Å².